The van der Waals surface area contributed by atoms with Gasteiger partial charge in [0.2, 0.25) is 0 Å². The first-order valence-corrected chi connectivity index (χ1v) is 8.26. The summed E-state index contributed by atoms with van der Waals surface area (Å²) in [4.78, 5) is 20.3. The lowest BCUT2D eigenvalue weighted by molar-refractivity contribution is 0.112. The van der Waals surface area contributed by atoms with Crippen LogP contribution in [0.2, 0.25) is 0 Å². The molecule has 0 bridgehead atoms. The highest BCUT2D eigenvalue weighted by molar-refractivity contribution is 5.97. The van der Waals surface area contributed by atoms with Crippen LogP contribution in [0.25, 0.3) is 10.9 Å². The van der Waals surface area contributed by atoms with Crippen molar-refractivity contribution >= 4 is 22.9 Å². The second-order valence-corrected chi connectivity index (χ2v) is 6.09. The molecular formula is C18H24N4O. The molecule has 1 fully saturated rings. The quantitative estimate of drug-likeness (QED) is 0.824. The Morgan fingerprint density at radius 1 is 1.30 bits per heavy atom. The number of hydrogen-bond donors (Lipinski definition) is 1. The van der Waals surface area contributed by atoms with Gasteiger partial charge in [-0.1, -0.05) is 0 Å². The zero-order valence-electron chi connectivity index (χ0n) is 13.7. The van der Waals surface area contributed by atoms with E-state index < -0.39 is 0 Å². The molecule has 0 unspecified atom stereocenters. The molecule has 1 saturated heterocycles. The Morgan fingerprint density at radius 3 is 2.91 bits per heavy atom. The summed E-state index contributed by atoms with van der Waals surface area (Å²) in [6, 6.07) is 7.90. The van der Waals surface area contributed by atoms with Gasteiger partial charge >= 0.3 is 0 Å². The SMILES string of the molecule is CN(CCCN1CCNCC1)c1ccc2nccc(C=O)c2c1. The van der Waals surface area contributed by atoms with Crippen LogP contribution in [-0.2, 0) is 0 Å². The lowest BCUT2D eigenvalue weighted by Crippen LogP contribution is -2.44. The summed E-state index contributed by atoms with van der Waals surface area (Å²) in [6.07, 6.45) is 3.73. The number of pyridine rings is 1. The van der Waals surface area contributed by atoms with Gasteiger partial charge < -0.3 is 15.1 Å². The van der Waals surface area contributed by atoms with E-state index in [9.17, 15) is 4.79 Å². The van der Waals surface area contributed by atoms with Crippen molar-refractivity contribution in [2.75, 3.05) is 51.2 Å². The molecule has 1 aromatic carbocycles. The Bertz CT molecular complexity index is 667. The van der Waals surface area contributed by atoms with Gasteiger partial charge in [0, 0.05) is 62.6 Å². The highest BCUT2D eigenvalue weighted by atomic mass is 16.1. The molecule has 2 heterocycles. The van der Waals surface area contributed by atoms with Crippen LogP contribution in [0.1, 0.15) is 16.8 Å². The van der Waals surface area contributed by atoms with Gasteiger partial charge in [-0.2, -0.15) is 0 Å². The molecule has 1 aliphatic rings. The third-order valence-corrected chi connectivity index (χ3v) is 4.50. The molecule has 0 amide bonds. The van der Waals surface area contributed by atoms with Gasteiger partial charge in [0.25, 0.3) is 0 Å². The molecule has 3 rings (SSSR count). The Balaban J connectivity index is 1.63. The molecule has 0 radical (unpaired) electrons. The number of hydrogen-bond acceptors (Lipinski definition) is 5. The molecular weight excluding hydrogens is 288 g/mol. The van der Waals surface area contributed by atoms with Crippen molar-refractivity contribution in [3.8, 4) is 0 Å². The van der Waals surface area contributed by atoms with Crippen LogP contribution in [0.4, 0.5) is 5.69 Å². The van der Waals surface area contributed by atoms with Crippen molar-refractivity contribution in [2.45, 2.75) is 6.42 Å². The second kappa shape index (κ2) is 7.53. The summed E-state index contributed by atoms with van der Waals surface area (Å²) in [7, 11) is 2.11. The van der Waals surface area contributed by atoms with Crippen molar-refractivity contribution in [1.82, 2.24) is 15.2 Å². The Labute approximate surface area is 137 Å². The van der Waals surface area contributed by atoms with Gasteiger partial charge in [0.1, 0.15) is 0 Å². The molecule has 5 heteroatoms. The lowest BCUT2D eigenvalue weighted by atomic mass is 10.1. The first-order chi connectivity index (χ1) is 11.3. The molecule has 1 aliphatic heterocycles. The van der Waals surface area contributed by atoms with Gasteiger partial charge in [-0.3, -0.25) is 9.78 Å². The fraction of sp³-hybridized carbons (Fsp3) is 0.444. The number of aromatic nitrogens is 1. The second-order valence-electron chi connectivity index (χ2n) is 6.09. The van der Waals surface area contributed by atoms with Crippen molar-refractivity contribution < 1.29 is 4.79 Å². The van der Waals surface area contributed by atoms with Gasteiger partial charge in [-0.25, -0.2) is 0 Å². The van der Waals surface area contributed by atoms with Crippen LogP contribution in [0.15, 0.2) is 30.5 Å². The van der Waals surface area contributed by atoms with E-state index in [1.54, 1.807) is 12.3 Å². The highest BCUT2D eigenvalue weighted by Crippen LogP contribution is 2.22. The predicted octanol–water partition coefficient (Wildman–Crippen LogP) is 1.78. The molecule has 5 nitrogen and oxygen atoms in total. The van der Waals surface area contributed by atoms with Crippen molar-refractivity contribution in [1.29, 1.82) is 0 Å². The molecule has 23 heavy (non-hydrogen) atoms. The van der Waals surface area contributed by atoms with Gasteiger partial charge in [0.15, 0.2) is 6.29 Å². The largest absolute Gasteiger partial charge is 0.375 e. The van der Waals surface area contributed by atoms with Crippen molar-refractivity contribution in [3.05, 3.63) is 36.0 Å². The van der Waals surface area contributed by atoms with E-state index >= 15 is 0 Å². The van der Waals surface area contributed by atoms with Crippen molar-refractivity contribution in [3.63, 3.8) is 0 Å². The minimum Gasteiger partial charge on any atom is -0.375 e. The third-order valence-electron chi connectivity index (χ3n) is 4.50. The van der Waals surface area contributed by atoms with Crippen LogP contribution < -0.4 is 10.2 Å². The summed E-state index contributed by atoms with van der Waals surface area (Å²) in [5.74, 6) is 0. The summed E-state index contributed by atoms with van der Waals surface area (Å²) in [5, 5.41) is 4.31. The van der Waals surface area contributed by atoms with Crippen LogP contribution >= 0.6 is 0 Å². The predicted molar refractivity (Wildman–Crippen MR) is 94.3 cm³/mol. The van der Waals surface area contributed by atoms with E-state index in [-0.39, 0.29) is 0 Å². The van der Waals surface area contributed by atoms with Crippen LogP contribution in [0.3, 0.4) is 0 Å². The molecule has 2 aromatic rings. The smallest absolute Gasteiger partial charge is 0.150 e. The number of aldehydes is 1. The lowest BCUT2D eigenvalue weighted by Gasteiger charge is -2.28. The molecule has 0 aliphatic carbocycles. The zero-order valence-corrected chi connectivity index (χ0v) is 13.7. The minimum absolute atomic E-state index is 0.700. The maximum Gasteiger partial charge on any atom is 0.150 e. The van der Waals surface area contributed by atoms with E-state index in [0.29, 0.717) is 5.56 Å². The first-order valence-electron chi connectivity index (χ1n) is 8.26. The topological polar surface area (TPSA) is 48.5 Å². The van der Waals surface area contributed by atoms with Crippen LogP contribution in [-0.4, -0.2) is 62.5 Å². The maximum absolute atomic E-state index is 11.2. The zero-order chi connectivity index (χ0) is 16.1. The van der Waals surface area contributed by atoms with Gasteiger partial charge in [-0.15, -0.1) is 0 Å². The van der Waals surface area contributed by atoms with E-state index in [2.05, 4.69) is 39.3 Å². The fourth-order valence-electron chi connectivity index (χ4n) is 3.09. The van der Waals surface area contributed by atoms with Crippen molar-refractivity contribution in [2.24, 2.45) is 0 Å². The Hall–Kier alpha value is -1.98. The Morgan fingerprint density at radius 2 is 2.13 bits per heavy atom. The van der Waals surface area contributed by atoms with E-state index in [0.717, 1.165) is 68.6 Å². The van der Waals surface area contributed by atoms with Crippen LogP contribution in [0.5, 0.6) is 0 Å². The molecule has 1 N–H and O–H groups in total. The number of nitrogens with one attached hydrogen (secondary N) is 1. The molecule has 0 saturated carbocycles. The molecule has 0 atom stereocenters. The minimum atomic E-state index is 0.700. The van der Waals surface area contributed by atoms with Gasteiger partial charge in [-0.05, 0) is 37.2 Å². The normalized spacial score (nSPS) is 15.7. The monoisotopic (exact) mass is 312 g/mol. The van der Waals surface area contributed by atoms with E-state index in [1.165, 1.54) is 0 Å². The number of nitrogens with zero attached hydrogens (tertiary/aromatic N) is 3. The number of fused-ring (bicyclic) bond motifs is 1. The van der Waals surface area contributed by atoms with E-state index in [1.807, 2.05) is 6.07 Å². The third kappa shape index (κ3) is 3.86. The maximum atomic E-state index is 11.2. The summed E-state index contributed by atoms with van der Waals surface area (Å²) in [6.45, 7) is 6.64. The first kappa shape index (κ1) is 15.9. The molecule has 0 spiro atoms. The summed E-state index contributed by atoms with van der Waals surface area (Å²) < 4.78 is 0. The average Bonchev–Trinajstić information content (AvgIpc) is 2.61. The average molecular weight is 312 g/mol. The van der Waals surface area contributed by atoms with Gasteiger partial charge in [0.05, 0.1) is 5.52 Å². The highest BCUT2D eigenvalue weighted by Gasteiger charge is 2.10. The number of rotatable bonds is 6. The molecule has 1 aromatic heterocycles. The van der Waals surface area contributed by atoms with Crippen LogP contribution in [0, 0.1) is 0 Å². The fourth-order valence-corrected chi connectivity index (χ4v) is 3.09. The molecule has 122 valence electrons. The summed E-state index contributed by atoms with van der Waals surface area (Å²) >= 11 is 0. The van der Waals surface area contributed by atoms with E-state index in [4.69, 9.17) is 0 Å². The summed E-state index contributed by atoms with van der Waals surface area (Å²) in [5.41, 5.74) is 2.70. The standard InChI is InChI=1S/C18H24N4O/c1-21(9-2-10-22-11-7-19-8-12-22)16-3-4-18-17(13-16)15(14-23)5-6-20-18/h3-6,13-14,19H,2,7-12H2,1H3. The number of piperazine rings is 1. The Kier molecular flexibility index (Phi) is 5.20. The number of carbonyl (C=O) groups is 1. The number of anilines is 1. The number of carbonyl (C=O) groups excluding carboxylic acids is 1. The number of benzene rings is 1.